The van der Waals surface area contributed by atoms with Crippen molar-refractivity contribution in [2.24, 2.45) is 0 Å². The predicted octanol–water partition coefficient (Wildman–Crippen LogP) is 2.99. The van der Waals surface area contributed by atoms with Crippen LogP contribution in [0.1, 0.15) is 12.0 Å². The molecule has 0 saturated carbocycles. The molecule has 0 aliphatic heterocycles. The second kappa shape index (κ2) is 7.36. The average Bonchev–Trinajstić information content (AvgIpc) is 2.52. The lowest BCUT2D eigenvalue weighted by Gasteiger charge is -2.12. The van der Waals surface area contributed by atoms with E-state index in [4.69, 9.17) is 15.2 Å². The third-order valence-electron chi connectivity index (χ3n) is 3.31. The molecule has 0 atom stereocenters. The number of hydrogen-bond acceptors (Lipinski definition) is 4. The van der Waals surface area contributed by atoms with Crippen LogP contribution in [0.4, 0.5) is 11.4 Å². The monoisotopic (exact) mass is 300 g/mol. The number of ether oxygens (including phenoxy) is 2. The number of carbonyl (C=O) groups is 1. The minimum absolute atomic E-state index is 0.122. The molecule has 0 fully saturated rings. The maximum Gasteiger partial charge on any atom is 0.227 e. The Balaban J connectivity index is 1.87. The first kappa shape index (κ1) is 15.7. The summed E-state index contributed by atoms with van der Waals surface area (Å²) >= 11 is 0. The van der Waals surface area contributed by atoms with E-state index in [1.165, 1.54) is 0 Å². The Labute approximate surface area is 130 Å². The zero-order valence-electron chi connectivity index (χ0n) is 12.8. The van der Waals surface area contributed by atoms with Gasteiger partial charge in [-0.15, -0.1) is 0 Å². The second-order valence-electron chi connectivity index (χ2n) is 4.82. The SMILES string of the molecule is COc1ccccc1OCCC(=O)Nc1cccc(N)c1C. The summed E-state index contributed by atoms with van der Waals surface area (Å²) in [6, 6.07) is 12.8. The number of nitrogens with two attached hydrogens (primary N) is 1. The minimum Gasteiger partial charge on any atom is -0.493 e. The smallest absolute Gasteiger partial charge is 0.227 e. The number of carbonyl (C=O) groups excluding carboxylic acids is 1. The Morgan fingerprint density at radius 2 is 1.86 bits per heavy atom. The number of nitrogens with one attached hydrogen (secondary N) is 1. The van der Waals surface area contributed by atoms with Crippen molar-refractivity contribution in [3.05, 3.63) is 48.0 Å². The van der Waals surface area contributed by atoms with Crippen LogP contribution >= 0.6 is 0 Å². The molecule has 0 saturated heterocycles. The van der Waals surface area contributed by atoms with Crippen LogP contribution in [-0.2, 0) is 4.79 Å². The van der Waals surface area contributed by atoms with Gasteiger partial charge in [-0.05, 0) is 36.8 Å². The Kier molecular flexibility index (Phi) is 5.25. The predicted molar refractivity (Wildman–Crippen MR) is 87.3 cm³/mol. The number of nitrogen functional groups attached to an aromatic ring is 1. The maximum absolute atomic E-state index is 12.0. The van der Waals surface area contributed by atoms with E-state index < -0.39 is 0 Å². The molecule has 2 aromatic rings. The number of rotatable bonds is 6. The molecule has 0 heterocycles. The lowest BCUT2D eigenvalue weighted by molar-refractivity contribution is -0.116. The van der Waals surface area contributed by atoms with E-state index in [9.17, 15) is 4.79 Å². The van der Waals surface area contributed by atoms with Gasteiger partial charge >= 0.3 is 0 Å². The normalized spacial score (nSPS) is 10.1. The second-order valence-corrected chi connectivity index (χ2v) is 4.82. The summed E-state index contributed by atoms with van der Waals surface area (Å²) in [7, 11) is 1.58. The van der Waals surface area contributed by atoms with Crippen molar-refractivity contribution in [1.29, 1.82) is 0 Å². The van der Waals surface area contributed by atoms with Crippen molar-refractivity contribution in [3.63, 3.8) is 0 Å². The molecular weight excluding hydrogens is 280 g/mol. The third-order valence-corrected chi connectivity index (χ3v) is 3.31. The molecular formula is C17H20N2O3. The first-order valence-electron chi connectivity index (χ1n) is 7.02. The van der Waals surface area contributed by atoms with Crippen molar-refractivity contribution < 1.29 is 14.3 Å². The highest BCUT2D eigenvalue weighted by Crippen LogP contribution is 2.26. The topological polar surface area (TPSA) is 73.6 Å². The van der Waals surface area contributed by atoms with Crippen molar-refractivity contribution in [2.45, 2.75) is 13.3 Å². The van der Waals surface area contributed by atoms with Gasteiger partial charge in [-0.25, -0.2) is 0 Å². The van der Waals surface area contributed by atoms with Gasteiger partial charge in [0.15, 0.2) is 11.5 Å². The fraction of sp³-hybridized carbons (Fsp3) is 0.235. The number of anilines is 2. The molecule has 5 nitrogen and oxygen atoms in total. The standard InChI is InChI=1S/C17H20N2O3/c1-12-13(18)6-5-7-14(12)19-17(20)10-11-22-16-9-4-3-8-15(16)21-2/h3-9H,10-11,18H2,1-2H3,(H,19,20). The van der Waals surface area contributed by atoms with E-state index in [0.717, 1.165) is 11.3 Å². The molecule has 5 heteroatoms. The van der Waals surface area contributed by atoms with E-state index in [1.807, 2.05) is 37.3 Å². The summed E-state index contributed by atoms with van der Waals surface area (Å²) in [4.78, 5) is 12.0. The van der Waals surface area contributed by atoms with Gasteiger partial charge in [0.25, 0.3) is 0 Å². The Bertz CT molecular complexity index is 656. The molecule has 0 spiro atoms. The van der Waals surface area contributed by atoms with E-state index >= 15 is 0 Å². The highest BCUT2D eigenvalue weighted by atomic mass is 16.5. The minimum atomic E-state index is -0.122. The fourth-order valence-electron chi connectivity index (χ4n) is 1.99. The molecule has 0 aliphatic carbocycles. The maximum atomic E-state index is 12.0. The van der Waals surface area contributed by atoms with Gasteiger partial charge in [0, 0.05) is 11.4 Å². The lowest BCUT2D eigenvalue weighted by atomic mass is 10.1. The van der Waals surface area contributed by atoms with E-state index in [1.54, 1.807) is 19.2 Å². The quantitative estimate of drug-likeness (QED) is 0.804. The van der Waals surface area contributed by atoms with Crippen LogP contribution in [0.3, 0.4) is 0 Å². The fourth-order valence-corrected chi connectivity index (χ4v) is 1.99. The number of amides is 1. The van der Waals surface area contributed by atoms with Crippen molar-refractivity contribution in [3.8, 4) is 11.5 Å². The summed E-state index contributed by atoms with van der Waals surface area (Å²) in [6.45, 7) is 2.14. The Morgan fingerprint density at radius 3 is 2.59 bits per heavy atom. The first-order chi connectivity index (χ1) is 10.6. The highest BCUT2D eigenvalue weighted by molar-refractivity contribution is 5.92. The summed E-state index contributed by atoms with van der Waals surface area (Å²) in [6.07, 6.45) is 0.242. The van der Waals surface area contributed by atoms with Crippen LogP contribution in [0.15, 0.2) is 42.5 Å². The van der Waals surface area contributed by atoms with Gasteiger partial charge in [-0.2, -0.15) is 0 Å². The van der Waals surface area contributed by atoms with Gasteiger partial charge in [0.2, 0.25) is 5.91 Å². The summed E-state index contributed by atoms with van der Waals surface area (Å²) in [5.74, 6) is 1.15. The number of hydrogen-bond donors (Lipinski definition) is 2. The summed E-state index contributed by atoms with van der Waals surface area (Å²) in [5.41, 5.74) is 8.06. The molecule has 0 radical (unpaired) electrons. The largest absolute Gasteiger partial charge is 0.493 e. The van der Waals surface area contributed by atoms with Gasteiger partial charge in [-0.3, -0.25) is 4.79 Å². The molecule has 3 N–H and O–H groups in total. The summed E-state index contributed by atoms with van der Waals surface area (Å²) in [5, 5.41) is 2.84. The van der Waals surface area contributed by atoms with Gasteiger partial charge in [0.05, 0.1) is 20.1 Å². The van der Waals surface area contributed by atoms with Crippen molar-refractivity contribution in [2.75, 3.05) is 24.8 Å². The lowest BCUT2D eigenvalue weighted by Crippen LogP contribution is -2.16. The van der Waals surface area contributed by atoms with Crippen LogP contribution in [0.5, 0.6) is 11.5 Å². The molecule has 116 valence electrons. The first-order valence-corrected chi connectivity index (χ1v) is 7.02. The molecule has 0 aliphatic rings. The number of methoxy groups -OCH3 is 1. The van der Waals surface area contributed by atoms with E-state index in [2.05, 4.69) is 5.32 Å². The third kappa shape index (κ3) is 3.91. The molecule has 0 aromatic heterocycles. The van der Waals surface area contributed by atoms with Gasteiger partial charge in [-0.1, -0.05) is 18.2 Å². The van der Waals surface area contributed by atoms with Crippen molar-refractivity contribution in [1.82, 2.24) is 0 Å². The van der Waals surface area contributed by atoms with Crippen LogP contribution in [0.25, 0.3) is 0 Å². The number of benzene rings is 2. The van der Waals surface area contributed by atoms with E-state index in [0.29, 0.717) is 17.2 Å². The number of para-hydroxylation sites is 2. The molecule has 0 unspecified atom stereocenters. The molecule has 0 bridgehead atoms. The Morgan fingerprint density at radius 1 is 1.14 bits per heavy atom. The highest BCUT2D eigenvalue weighted by Gasteiger charge is 2.08. The van der Waals surface area contributed by atoms with Crippen LogP contribution in [0.2, 0.25) is 0 Å². The van der Waals surface area contributed by atoms with Crippen LogP contribution < -0.4 is 20.5 Å². The molecule has 2 aromatic carbocycles. The average molecular weight is 300 g/mol. The zero-order chi connectivity index (χ0) is 15.9. The Hall–Kier alpha value is -2.69. The van der Waals surface area contributed by atoms with Gasteiger partial charge in [0.1, 0.15) is 0 Å². The van der Waals surface area contributed by atoms with Crippen molar-refractivity contribution >= 4 is 17.3 Å². The summed E-state index contributed by atoms with van der Waals surface area (Å²) < 4.78 is 10.8. The molecule has 2 rings (SSSR count). The zero-order valence-corrected chi connectivity index (χ0v) is 12.8. The van der Waals surface area contributed by atoms with Crippen LogP contribution in [-0.4, -0.2) is 19.6 Å². The molecule has 22 heavy (non-hydrogen) atoms. The molecule has 1 amide bonds. The van der Waals surface area contributed by atoms with E-state index in [-0.39, 0.29) is 18.9 Å². The van der Waals surface area contributed by atoms with Gasteiger partial charge < -0.3 is 20.5 Å². The van der Waals surface area contributed by atoms with Crippen LogP contribution in [0, 0.1) is 6.92 Å².